The highest BCUT2D eigenvalue weighted by atomic mass is 16.5. The molecule has 0 spiro atoms. The molecule has 0 aromatic rings. The first-order valence-corrected chi connectivity index (χ1v) is 27.1. The first-order valence-electron chi connectivity index (χ1n) is 27.1. The average molecular weight is 860 g/mol. The van der Waals surface area contributed by atoms with Crippen molar-refractivity contribution in [2.24, 2.45) is 0 Å². The van der Waals surface area contributed by atoms with Gasteiger partial charge in [0.25, 0.3) is 0 Å². The van der Waals surface area contributed by atoms with Gasteiger partial charge in [0.2, 0.25) is 5.91 Å². The maximum absolute atomic E-state index is 13.2. The number of esters is 1. The fourth-order valence-corrected chi connectivity index (χ4v) is 8.36. The Kier molecular flexibility index (Phi) is 48.0. The number of amides is 1. The van der Waals surface area contributed by atoms with Gasteiger partial charge in [-0.2, -0.15) is 0 Å². The van der Waals surface area contributed by atoms with Gasteiger partial charge in [0.05, 0.1) is 25.2 Å². The second-order valence-corrected chi connectivity index (χ2v) is 18.6. The molecule has 3 atom stereocenters. The van der Waals surface area contributed by atoms with Crippen molar-refractivity contribution in [2.75, 3.05) is 6.61 Å². The van der Waals surface area contributed by atoms with Crippen LogP contribution in [-0.4, -0.2) is 46.9 Å². The monoisotopic (exact) mass is 860 g/mol. The van der Waals surface area contributed by atoms with E-state index in [1.165, 1.54) is 186 Å². The van der Waals surface area contributed by atoms with Crippen LogP contribution in [-0.2, 0) is 14.3 Å². The number of ether oxygens (including phenoxy) is 1. The Morgan fingerprint density at radius 1 is 0.459 bits per heavy atom. The summed E-state index contributed by atoms with van der Waals surface area (Å²) >= 11 is 0. The second kappa shape index (κ2) is 49.4. The van der Waals surface area contributed by atoms with Crippen LogP contribution in [0.1, 0.15) is 290 Å². The van der Waals surface area contributed by atoms with Crippen LogP contribution in [0.5, 0.6) is 0 Å². The first-order chi connectivity index (χ1) is 30.0. The first kappa shape index (κ1) is 59.3. The molecule has 0 saturated heterocycles. The van der Waals surface area contributed by atoms with Crippen molar-refractivity contribution in [2.45, 2.75) is 309 Å². The summed E-state index contributed by atoms with van der Waals surface area (Å²) < 4.78 is 5.94. The molecule has 0 saturated carbocycles. The summed E-state index contributed by atoms with van der Waals surface area (Å²) in [7, 11) is 0. The molecule has 0 heterocycles. The molecule has 0 bridgehead atoms. The van der Waals surface area contributed by atoms with E-state index in [4.69, 9.17) is 4.74 Å². The number of aliphatic hydroxyl groups excluding tert-OH is 2. The van der Waals surface area contributed by atoms with Crippen molar-refractivity contribution in [1.82, 2.24) is 5.32 Å². The van der Waals surface area contributed by atoms with Crippen molar-refractivity contribution in [3.8, 4) is 0 Å². The highest BCUT2D eigenvalue weighted by molar-refractivity contribution is 5.77. The van der Waals surface area contributed by atoms with E-state index in [0.29, 0.717) is 19.3 Å². The van der Waals surface area contributed by atoms with Gasteiger partial charge in [-0.25, -0.2) is 0 Å². The summed E-state index contributed by atoms with van der Waals surface area (Å²) in [5, 5.41) is 23.8. The average Bonchev–Trinajstić information content (AvgIpc) is 3.25. The van der Waals surface area contributed by atoms with Crippen LogP contribution in [0.2, 0.25) is 0 Å². The fraction of sp³-hybridized carbons (Fsp3) is 0.891. The van der Waals surface area contributed by atoms with Crippen molar-refractivity contribution in [3.05, 3.63) is 24.3 Å². The molecule has 360 valence electrons. The highest BCUT2D eigenvalue weighted by Gasteiger charge is 2.24. The van der Waals surface area contributed by atoms with Crippen molar-refractivity contribution < 1.29 is 24.5 Å². The number of allylic oxidation sites excluding steroid dienone is 4. The fourth-order valence-electron chi connectivity index (χ4n) is 8.36. The van der Waals surface area contributed by atoms with E-state index < -0.39 is 18.2 Å². The second-order valence-electron chi connectivity index (χ2n) is 18.6. The number of hydrogen-bond acceptors (Lipinski definition) is 5. The number of carbonyl (C=O) groups is 2. The molecule has 3 N–H and O–H groups in total. The molecule has 0 rings (SSSR count). The minimum Gasteiger partial charge on any atom is -0.462 e. The Hall–Kier alpha value is -1.66. The lowest BCUT2D eigenvalue weighted by Crippen LogP contribution is -2.46. The molecule has 61 heavy (non-hydrogen) atoms. The van der Waals surface area contributed by atoms with Gasteiger partial charge in [0, 0.05) is 6.42 Å². The molecule has 0 fully saturated rings. The minimum absolute atomic E-state index is 0.0744. The summed E-state index contributed by atoms with van der Waals surface area (Å²) in [6.07, 6.45) is 56.6. The van der Waals surface area contributed by atoms with Crippen molar-refractivity contribution >= 4 is 11.9 Å². The van der Waals surface area contributed by atoms with Gasteiger partial charge in [-0.3, -0.25) is 9.59 Å². The standard InChI is InChI=1S/C55H105NO5/c1-4-7-10-13-16-19-22-25-27-29-31-34-37-40-43-46-51(61-55(60)48-45-42-39-36-33-30-28-26-23-20-17-14-11-8-5-2)49-54(59)56-52(50-57)53(58)47-44-41-38-35-32-24-21-18-15-12-9-6-3/h20,23,25,27,51-53,57-58H,4-19,21-22,24,26,28-50H2,1-3H3,(H,56,59)/b23-20-,27-25+. The summed E-state index contributed by atoms with van der Waals surface area (Å²) in [4.78, 5) is 26.2. The third-order valence-electron chi connectivity index (χ3n) is 12.5. The molecule has 3 unspecified atom stereocenters. The third-order valence-corrected chi connectivity index (χ3v) is 12.5. The Morgan fingerprint density at radius 3 is 1.18 bits per heavy atom. The van der Waals surface area contributed by atoms with E-state index in [9.17, 15) is 19.8 Å². The van der Waals surface area contributed by atoms with E-state index in [2.05, 4.69) is 50.4 Å². The van der Waals surface area contributed by atoms with Crippen LogP contribution in [0.3, 0.4) is 0 Å². The molecular formula is C55H105NO5. The summed E-state index contributed by atoms with van der Waals surface area (Å²) in [5.74, 6) is -0.474. The van der Waals surface area contributed by atoms with Gasteiger partial charge in [-0.05, 0) is 77.0 Å². The maximum Gasteiger partial charge on any atom is 0.306 e. The minimum atomic E-state index is -0.787. The maximum atomic E-state index is 13.2. The quantitative estimate of drug-likeness (QED) is 0.0322. The van der Waals surface area contributed by atoms with Crippen LogP contribution < -0.4 is 5.32 Å². The lowest BCUT2D eigenvalue weighted by Gasteiger charge is -2.24. The summed E-state index contributed by atoms with van der Waals surface area (Å²) in [6.45, 7) is 6.48. The van der Waals surface area contributed by atoms with Crippen molar-refractivity contribution in [3.63, 3.8) is 0 Å². The molecule has 0 aromatic heterocycles. The van der Waals surface area contributed by atoms with Crippen LogP contribution in [0.25, 0.3) is 0 Å². The molecule has 0 aliphatic rings. The zero-order valence-electron chi connectivity index (χ0n) is 41.1. The normalized spacial score (nSPS) is 13.3. The van der Waals surface area contributed by atoms with Crippen LogP contribution in [0.4, 0.5) is 0 Å². The zero-order valence-corrected chi connectivity index (χ0v) is 41.1. The molecule has 6 heteroatoms. The molecule has 0 aliphatic carbocycles. The Morgan fingerprint density at radius 2 is 0.787 bits per heavy atom. The zero-order chi connectivity index (χ0) is 44.5. The summed E-state index contributed by atoms with van der Waals surface area (Å²) in [5.41, 5.74) is 0. The molecule has 0 aliphatic heterocycles. The lowest BCUT2D eigenvalue weighted by atomic mass is 10.0. The number of aliphatic hydroxyl groups is 2. The molecule has 0 radical (unpaired) electrons. The van der Waals surface area contributed by atoms with E-state index >= 15 is 0 Å². The van der Waals surface area contributed by atoms with Gasteiger partial charge >= 0.3 is 5.97 Å². The third kappa shape index (κ3) is 44.7. The van der Waals surface area contributed by atoms with Crippen molar-refractivity contribution in [1.29, 1.82) is 0 Å². The van der Waals surface area contributed by atoms with E-state index in [1.807, 2.05) is 0 Å². The van der Waals surface area contributed by atoms with Gasteiger partial charge in [-0.15, -0.1) is 0 Å². The number of nitrogens with one attached hydrogen (secondary N) is 1. The molecule has 6 nitrogen and oxygen atoms in total. The van der Waals surface area contributed by atoms with Crippen LogP contribution in [0, 0.1) is 0 Å². The van der Waals surface area contributed by atoms with Gasteiger partial charge in [0.1, 0.15) is 6.10 Å². The van der Waals surface area contributed by atoms with Gasteiger partial charge in [-0.1, -0.05) is 225 Å². The Balaban J connectivity index is 4.57. The Bertz CT molecular complexity index is 966. The number of rotatable bonds is 49. The van der Waals surface area contributed by atoms with Crippen LogP contribution >= 0.6 is 0 Å². The van der Waals surface area contributed by atoms with E-state index in [0.717, 1.165) is 57.8 Å². The smallest absolute Gasteiger partial charge is 0.306 e. The molecule has 0 aromatic carbocycles. The molecule has 1 amide bonds. The number of carbonyl (C=O) groups excluding carboxylic acids is 2. The van der Waals surface area contributed by atoms with Gasteiger partial charge in [0.15, 0.2) is 0 Å². The Labute approximate surface area is 380 Å². The lowest BCUT2D eigenvalue weighted by molar-refractivity contribution is -0.151. The predicted octanol–water partition coefficient (Wildman–Crippen LogP) is 16.3. The predicted molar refractivity (Wildman–Crippen MR) is 264 cm³/mol. The molecular weight excluding hydrogens is 755 g/mol. The SMILES string of the molecule is CCCCCC/C=C\CCCCCCCCCC(=O)OC(CCCCCCC/C=C/CCCCCCCC)CC(=O)NC(CO)C(O)CCCCCCCCCCCCCC. The topological polar surface area (TPSA) is 95.9 Å². The largest absolute Gasteiger partial charge is 0.462 e. The highest BCUT2D eigenvalue weighted by Crippen LogP contribution is 2.18. The van der Waals surface area contributed by atoms with E-state index in [1.54, 1.807) is 0 Å². The number of unbranched alkanes of at least 4 members (excludes halogenated alkanes) is 33. The number of hydrogen-bond donors (Lipinski definition) is 3. The van der Waals surface area contributed by atoms with Gasteiger partial charge < -0.3 is 20.3 Å². The van der Waals surface area contributed by atoms with Crippen LogP contribution in [0.15, 0.2) is 24.3 Å². The summed E-state index contributed by atoms with van der Waals surface area (Å²) in [6, 6.07) is -0.701. The van der Waals surface area contributed by atoms with E-state index in [-0.39, 0.29) is 24.9 Å².